The number of halogens is 1. The second-order valence-electron chi connectivity index (χ2n) is 1.99. The predicted octanol–water partition coefficient (Wildman–Crippen LogP) is 2.15. The Morgan fingerprint density at radius 3 is 2.50 bits per heavy atom. The smallest absolute Gasteiger partial charge is 0.150 e. The third-order valence-corrected chi connectivity index (χ3v) is 1.22. The predicted molar refractivity (Wildman–Crippen MR) is 49.6 cm³/mol. The average molecular weight is 187 g/mol. The van der Waals surface area contributed by atoms with Crippen LogP contribution < -0.4 is 0 Å². The van der Waals surface area contributed by atoms with Gasteiger partial charge in [-0.1, -0.05) is 23.7 Å². The summed E-state index contributed by atoms with van der Waals surface area (Å²) in [5.41, 5.74) is 0.613. The Morgan fingerprint density at radius 1 is 1.58 bits per heavy atom. The van der Waals surface area contributed by atoms with Crippen molar-refractivity contribution in [1.82, 2.24) is 0 Å². The van der Waals surface area contributed by atoms with Crippen LogP contribution in [0.3, 0.4) is 0 Å². The molecular weight excluding hydrogens is 176 g/mol. The van der Waals surface area contributed by atoms with E-state index in [1.165, 1.54) is 0 Å². The number of aldehydes is 1. The first kappa shape index (κ1) is 11.1. The number of hydrogen-bond donors (Lipinski definition) is 1. The highest BCUT2D eigenvalue weighted by Crippen LogP contribution is 2.08. The van der Waals surface area contributed by atoms with Crippen LogP contribution in [0.15, 0.2) is 24.3 Å². The largest absolute Gasteiger partial charge is 0.397 e. The second-order valence-corrected chi connectivity index (χ2v) is 2.43. The van der Waals surface area contributed by atoms with E-state index in [0.717, 1.165) is 6.29 Å². The van der Waals surface area contributed by atoms with Gasteiger partial charge in [0.25, 0.3) is 0 Å². The van der Waals surface area contributed by atoms with Gasteiger partial charge in [0.15, 0.2) is 0 Å². The third kappa shape index (κ3) is 4.88. The second kappa shape index (κ2) is 6.83. The Balaban J connectivity index is 0.000000354. The average Bonchev–Trinajstić information content (AvgIpc) is 2.06. The molecule has 0 heterocycles. The van der Waals surface area contributed by atoms with Crippen LogP contribution in [0, 0.1) is 0 Å². The lowest BCUT2D eigenvalue weighted by Crippen LogP contribution is -1.75. The van der Waals surface area contributed by atoms with Crippen LogP contribution in [0.4, 0.5) is 0 Å². The molecule has 0 fully saturated rings. The molecule has 0 spiro atoms. The van der Waals surface area contributed by atoms with Crippen LogP contribution in [0.25, 0.3) is 0 Å². The molecule has 1 N–H and O–H groups in total. The summed E-state index contributed by atoms with van der Waals surface area (Å²) in [5, 5.41) is 8.17. The van der Waals surface area contributed by atoms with E-state index in [9.17, 15) is 4.79 Å². The van der Waals surface area contributed by atoms with Crippen LogP contribution in [-0.2, 0) is 0 Å². The maximum Gasteiger partial charge on any atom is 0.150 e. The number of carbonyl (C=O) groups is 1. The summed E-state index contributed by atoms with van der Waals surface area (Å²) in [6, 6.07) is 6.80. The van der Waals surface area contributed by atoms with Crippen molar-refractivity contribution in [2.75, 3.05) is 6.61 Å². The molecule has 0 atom stereocenters. The molecule has 1 aromatic rings. The highest BCUT2D eigenvalue weighted by Gasteiger charge is 1.87. The van der Waals surface area contributed by atoms with Crippen molar-refractivity contribution in [3.8, 4) is 0 Å². The standard InChI is InChI=1S/C7H5ClO.C2H6O/c8-7-3-1-2-6(4-7)5-9;1-2-3/h1-5H;3H,2H2,1H3. The van der Waals surface area contributed by atoms with Gasteiger partial charge in [-0.25, -0.2) is 0 Å². The van der Waals surface area contributed by atoms with E-state index in [0.29, 0.717) is 10.6 Å². The number of benzene rings is 1. The molecule has 1 rings (SSSR count). The maximum atomic E-state index is 10.1. The zero-order valence-corrected chi connectivity index (χ0v) is 7.58. The van der Waals surface area contributed by atoms with Gasteiger partial charge in [0.05, 0.1) is 0 Å². The summed E-state index contributed by atoms with van der Waals surface area (Å²) in [5.74, 6) is 0. The lowest BCUT2D eigenvalue weighted by atomic mass is 10.2. The Kier molecular flexibility index (Phi) is 6.34. The summed E-state index contributed by atoms with van der Waals surface area (Å²) in [4.78, 5) is 10.1. The fourth-order valence-corrected chi connectivity index (χ4v) is 0.779. The number of hydrogen-bond acceptors (Lipinski definition) is 2. The molecule has 0 aliphatic heterocycles. The summed E-state index contributed by atoms with van der Waals surface area (Å²) < 4.78 is 0. The van der Waals surface area contributed by atoms with Crippen molar-refractivity contribution in [2.45, 2.75) is 6.92 Å². The molecule has 0 unspecified atom stereocenters. The van der Waals surface area contributed by atoms with Gasteiger partial charge in [0.2, 0.25) is 0 Å². The van der Waals surface area contributed by atoms with Crippen LogP contribution >= 0.6 is 11.6 Å². The van der Waals surface area contributed by atoms with Gasteiger partial charge in [0, 0.05) is 17.2 Å². The van der Waals surface area contributed by atoms with E-state index >= 15 is 0 Å². The molecule has 0 aromatic heterocycles. The molecule has 12 heavy (non-hydrogen) atoms. The number of carbonyl (C=O) groups excluding carboxylic acids is 1. The maximum absolute atomic E-state index is 10.1. The van der Waals surface area contributed by atoms with Gasteiger partial charge in [-0.3, -0.25) is 4.79 Å². The third-order valence-electron chi connectivity index (χ3n) is 0.985. The van der Waals surface area contributed by atoms with Crippen molar-refractivity contribution in [3.63, 3.8) is 0 Å². The first-order valence-electron chi connectivity index (χ1n) is 3.56. The molecule has 0 saturated carbocycles. The monoisotopic (exact) mass is 186 g/mol. The van der Waals surface area contributed by atoms with Gasteiger partial charge < -0.3 is 5.11 Å². The van der Waals surface area contributed by atoms with Crippen LogP contribution in [0.1, 0.15) is 17.3 Å². The first-order valence-corrected chi connectivity index (χ1v) is 3.94. The number of aliphatic hydroxyl groups excluding tert-OH is 1. The number of aliphatic hydroxyl groups is 1. The van der Waals surface area contributed by atoms with Gasteiger partial charge in [0.1, 0.15) is 6.29 Å². The zero-order chi connectivity index (χ0) is 9.40. The van der Waals surface area contributed by atoms with E-state index in [4.69, 9.17) is 16.7 Å². The topological polar surface area (TPSA) is 37.3 Å². The van der Waals surface area contributed by atoms with Crippen molar-refractivity contribution < 1.29 is 9.90 Å². The van der Waals surface area contributed by atoms with Gasteiger partial charge in [-0.15, -0.1) is 0 Å². The van der Waals surface area contributed by atoms with E-state index in [1.54, 1.807) is 31.2 Å². The zero-order valence-electron chi connectivity index (χ0n) is 6.83. The Morgan fingerprint density at radius 2 is 2.17 bits per heavy atom. The van der Waals surface area contributed by atoms with Crippen molar-refractivity contribution in [3.05, 3.63) is 34.9 Å². The van der Waals surface area contributed by atoms with Gasteiger partial charge in [-0.05, 0) is 19.1 Å². The fraction of sp³-hybridized carbons (Fsp3) is 0.222. The van der Waals surface area contributed by atoms with Crippen molar-refractivity contribution in [1.29, 1.82) is 0 Å². The fourth-order valence-electron chi connectivity index (χ4n) is 0.580. The molecule has 0 amide bonds. The summed E-state index contributed by atoms with van der Waals surface area (Å²) in [6.45, 7) is 1.93. The lowest BCUT2D eigenvalue weighted by Gasteiger charge is -1.88. The normalized spacial score (nSPS) is 8.25. The molecule has 0 aliphatic carbocycles. The molecule has 0 radical (unpaired) electrons. The van der Waals surface area contributed by atoms with Gasteiger partial charge in [-0.2, -0.15) is 0 Å². The Hall–Kier alpha value is -0.860. The summed E-state index contributed by atoms with van der Waals surface area (Å²) in [6.07, 6.45) is 0.770. The first-order chi connectivity index (χ1) is 5.74. The van der Waals surface area contributed by atoms with E-state index < -0.39 is 0 Å². The number of rotatable bonds is 1. The van der Waals surface area contributed by atoms with Crippen molar-refractivity contribution in [2.24, 2.45) is 0 Å². The molecule has 0 saturated heterocycles. The van der Waals surface area contributed by atoms with Crippen LogP contribution in [-0.4, -0.2) is 18.0 Å². The van der Waals surface area contributed by atoms with E-state index in [1.807, 2.05) is 0 Å². The minimum atomic E-state index is 0.250. The highest BCUT2D eigenvalue weighted by molar-refractivity contribution is 6.30. The van der Waals surface area contributed by atoms with Crippen LogP contribution in [0.2, 0.25) is 5.02 Å². The van der Waals surface area contributed by atoms with Crippen LogP contribution in [0.5, 0.6) is 0 Å². The highest BCUT2D eigenvalue weighted by atomic mass is 35.5. The lowest BCUT2D eigenvalue weighted by molar-refractivity contribution is 0.112. The minimum Gasteiger partial charge on any atom is -0.397 e. The molecule has 2 nitrogen and oxygen atoms in total. The Bertz CT molecular complexity index is 236. The summed E-state index contributed by atoms with van der Waals surface area (Å²) >= 11 is 5.56. The Labute approximate surface area is 76.8 Å². The quantitative estimate of drug-likeness (QED) is 0.683. The van der Waals surface area contributed by atoms with Crippen molar-refractivity contribution >= 4 is 17.9 Å². The van der Waals surface area contributed by atoms with E-state index in [2.05, 4.69) is 0 Å². The summed E-state index contributed by atoms with van der Waals surface area (Å²) in [7, 11) is 0. The SMILES string of the molecule is CCO.O=Cc1cccc(Cl)c1. The molecule has 1 aromatic carbocycles. The molecular formula is C9H11ClO2. The minimum absolute atomic E-state index is 0.250. The molecule has 0 aliphatic rings. The molecule has 3 heteroatoms. The molecule has 0 bridgehead atoms. The van der Waals surface area contributed by atoms with Gasteiger partial charge >= 0.3 is 0 Å². The molecule has 66 valence electrons. The van der Waals surface area contributed by atoms with E-state index in [-0.39, 0.29) is 6.61 Å².